The third kappa shape index (κ3) is 4.28. The zero-order valence-electron chi connectivity index (χ0n) is 10.7. The van der Waals surface area contributed by atoms with Crippen LogP contribution < -0.4 is 5.32 Å². The zero-order chi connectivity index (χ0) is 13.0. The number of rotatable bonds is 5. The number of halogens is 1. The lowest BCUT2D eigenvalue weighted by Gasteiger charge is -2.20. The van der Waals surface area contributed by atoms with Crippen molar-refractivity contribution in [1.29, 1.82) is 0 Å². The lowest BCUT2D eigenvalue weighted by Crippen LogP contribution is -2.17. The molecule has 0 bridgehead atoms. The molecule has 0 saturated carbocycles. The van der Waals surface area contributed by atoms with Gasteiger partial charge in [0.1, 0.15) is 0 Å². The summed E-state index contributed by atoms with van der Waals surface area (Å²) in [5, 5.41) is 13.0. The summed E-state index contributed by atoms with van der Waals surface area (Å²) >= 11 is 5.21. The van der Waals surface area contributed by atoms with E-state index in [1.54, 1.807) is 11.8 Å². The minimum Gasteiger partial charge on any atom is -0.392 e. The summed E-state index contributed by atoms with van der Waals surface area (Å²) in [6.45, 7) is 6.02. The van der Waals surface area contributed by atoms with E-state index in [2.05, 4.69) is 46.4 Å². The molecule has 3 unspecified atom stereocenters. The predicted octanol–water partition coefficient (Wildman–Crippen LogP) is 3.59. The van der Waals surface area contributed by atoms with Crippen molar-refractivity contribution >= 4 is 27.7 Å². The van der Waals surface area contributed by atoms with Gasteiger partial charge in [0.15, 0.2) is 0 Å². The molecule has 1 aromatic rings. The highest BCUT2D eigenvalue weighted by molar-refractivity contribution is 9.10. The molecule has 1 aromatic carbocycles. The van der Waals surface area contributed by atoms with Crippen LogP contribution in [0.5, 0.6) is 0 Å². The van der Waals surface area contributed by atoms with Gasteiger partial charge in [0, 0.05) is 20.7 Å². The van der Waals surface area contributed by atoms with E-state index in [-0.39, 0.29) is 11.4 Å². The second-order valence-electron chi connectivity index (χ2n) is 4.26. The summed E-state index contributed by atoms with van der Waals surface area (Å²) in [4.78, 5) is 1.22. The Kier molecular flexibility index (Phi) is 6.00. The summed E-state index contributed by atoms with van der Waals surface area (Å²) in [7, 11) is 1.96. The largest absolute Gasteiger partial charge is 0.392 e. The van der Waals surface area contributed by atoms with Crippen LogP contribution >= 0.6 is 27.7 Å². The monoisotopic (exact) mass is 317 g/mol. The van der Waals surface area contributed by atoms with E-state index in [9.17, 15) is 5.11 Å². The number of hydrogen-bond donors (Lipinski definition) is 2. The first-order valence-corrected chi connectivity index (χ1v) is 7.44. The van der Waals surface area contributed by atoms with Crippen molar-refractivity contribution in [3.63, 3.8) is 0 Å². The molecule has 0 aromatic heterocycles. The van der Waals surface area contributed by atoms with Gasteiger partial charge in [0.2, 0.25) is 0 Å². The molecule has 2 N–H and O–H groups in total. The van der Waals surface area contributed by atoms with Crippen molar-refractivity contribution in [2.45, 2.75) is 43.1 Å². The van der Waals surface area contributed by atoms with Crippen LogP contribution in [0.2, 0.25) is 0 Å². The Morgan fingerprint density at radius 3 is 2.47 bits per heavy atom. The minimum absolute atomic E-state index is 0.187. The van der Waals surface area contributed by atoms with Crippen LogP contribution in [-0.4, -0.2) is 23.5 Å². The number of nitrogens with one attached hydrogen (secondary N) is 1. The smallest absolute Gasteiger partial charge is 0.0631 e. The van der Waals surface area contributed by atoms with Crippen LogP contribution in [0.3, 0.4) is 0 Å². The van der Waals surface area contributed by atoms with E-state index in [0.29, 0.717) is 6.04 Å². The van der Waals surface area contributed by atoms with Gasteiger partial charge in [0.05, 0.1) is 6.10 Å². The van der Waals surface area contributed by atoms with Crippen LogP contribution in [0.15, 0.2) is 27.6 Å². The quantitative estimate of drug-likeness (QED) is 0.814. The van der Waals surface area contributed by atoms with E-state index in [4.69, 9.17) is 0 Å². The van der Waals surface area contributed by atoms with Crippen molar-refractivity contribution in [3.05, 3.63) is 28.2 Å². The van der Waals surface area contributed by atoms with Crippen LogP contribution in [0.25, 0.3) is 0 Å². The fourth-order valence-corrected chi connectivity index (χ4v) is 3.11. The van der Waals surface area contributed by atoms with Gasteiger partial charge in [-0.1, -0.05) is 28.9 Å². The highest BCUT2D eigenvalue weighted by Crippen LogP contribution is 2.33. The normalized spacial score (nSPS) is 16.6. The molecule has 0 radical (unpaired) electrons. The van der Waals surface area contributed by atoms with Crippen LogP contribution in [-0.2, 0) is 0 Å². The van der Waals surface area contributed by atoms with Gasteiger partial charge in [-0.15, -0.1) is 11.8 Å². The van der Waals surface area contributed by atoms with Gasteiger partial charge in [-0.3, -0.25) is 0 Å². The average Bonchev–Trinajstić information content (AvgIpc) is 2.28. The number of hydrogen-bond acceptors (Lipinski definition) is 3. The first-order chi connectivity index (χ1) is 7.95. The summed E-state index contributed by atoms with van der Waals surface area (Å²) in [5.74, 6) is 0. The number of thioether (sulfide) groups is 1. The lowest BCUT2D eigenvalue weighted by atomic mass is 10.1. The van der Waals surface area contributed by atoms with E-state index in [0.717, 1.165) is 4.47 Å². The Morgan fingerprint density at radius 2 is 1.94 bits per heavy atom. The highest BCUT2D eigenvalue weighted by atomic mass is 79.9. The van der Waals surface area contributed by atoms with Crippen LogP contribution in [0, 0.1) is 0 Å². The van der Waals surface area contributed by atoms with Gasteiger partial charge in [0.25, 0.3) is 0 Å². The summed E-state index contributed by atoms with van der Waals surface area (Å²) in [6.07, 6.45) is -0.309. The Labute approximate surface area is 116 Å². The maximum Gasteiger partial charge on any atom is 0.0631 e. The molecular weight excluding hydrogens is 298 g/mol. The van der Waals surface area contributed by atoms with E-state index >= 15 is 0 Å². The van der Waals surface area contributed by atoms with Crippen molar-refractivity contribution < 1.29 is 5.11 Å². The molecule has 1 rings (SSSR count). The lowest BCUT2D eigenvalue weighted by molar-refractivity contribution is 0.196. The summed E-state index contributed by atoms with van der Waals surface area (Å²) < 4.78 is 1.07. The van der Waals surface area contributed by atoms with Crippen LogP contribution in [0.1, 0.15) is 32.4 Å². The maximum absolute atomic E-state index is 9.59. The van der Waals surface area contributed by atoms with Crippen molar-refractivity contribution in [2.24, 2.45) is 0 Å². The average molecular weight is 318 g/mol. The number of aliphatic hydroxyl groups excluding tert-OH is 1. The summed E-state index contributed by atoms with van der Waals surface area (Å²) in [5.41, 5.74) is 1.27. The molecule has 0 aliphatic heterocycles. The van der Waals surface area contributed by atoms with E-state index in [1.165, 1.54) is 10.5 Å². The van der Waals surface area contributed by atoms with E-state index in [1.807, 2.05) is 20.9 Å². The standard InChI is InChI=1S/C13H20BrNOS/c1-8(15-4)12-6-5-11(14)7-13(12)17-10(3)9(2)16/h5-10,15-16H,1-4H3. The third-order valence-corrected chi connectivity index (χ3v) is 4.73. The molecule has 0 aliphatic rings. The van der Waals surface area contributed by atoms with Crippen molar-refractivity contribution in [2.75, 3.05) is 7.05 Å². The molecule has 2 nitrogen and oxygen atoms in total. The molecule has 0 fully saturated rings. The Morgan fingerprint density at radius 1 is 1.29 bits per heavy atom. The predicted molar refractivity (Wildman–Crippen MR) is 78.6 cm³/mol. The minimum atomic E-state index is -0.309. The second-order valence-corrected chi connectivity index (χ2v) is 6.59. The topological polar surface area (TPSA) is 32.3 Å². The SMILES string of the molecule is CNC(C)c1ccc(Br)cc1SC(C)C(C)O. The molecule has 17 heavy (non-hydrogen) atoms. The maximum atomic E-state index is 9.59. The fraction of sp³-hybridized carbons (Fsp3) is 0.538. The molecule has 3 atom stereocenters. The summed E-state index contributed by atoms with van der Waals surface area (Å²) in [6, 6.07) is 6.61. The molecule has 0 saturated heterocycles. The van der Waals surface area contributed by atoms with Gasteiger partial charge in [-0.25, -0.2) is 0 Å². The highest BCUT2D eigenvalue weighted by Gasteiger charge is 2.15. The molecule has 4 heteroatoms. The van der Waals surface area contributed by atoms with Gasteiger partial charge in [-0.2, -0.15) is 0 Å². The second kappa shape index (κ2) is 6.78. The van der Waals surface area contributed by atoms with Crippen LogP contribution in [0.4, 0.5) is 0 Å². The van der Waals surface area contributed by atoms with Gasteiger partial charge < -0.3 is 10.4 Å². The van der Waals surface area contributed by atoms with Crippen molar-refractivity contribution in [3.8, 4) is 0 Å². The van der Waals surface area contributed by atoms with Gasteiger partial charge >= 0.3 is 0 Å². The third-order valence-electron chi connectivity index (χ3n) is 2.87. The first kappa shape index (κ1) is 15.0. The van der Waals surface area contributed by atoms with Gasteiger partial charge in [-0.05, 0) is 38.6 Å². The Balaban J connectivity index is 2.98. The van der Waals surface area contributed by atoms with E-state index < -0.39 is 0 Å². The first-order valence-electron chi connectivity index (χ1n) is 5.77. The molecule has 0 aliphatic carbocycles. The Bertz CT molecular complexity index is 370. The Hall–Kier alpha value is -0.0300. The van der Waals surface area contributed by atoms with Crippen molar-refractivity contribution in [1.82, 2.24) is 5.32 Å². The molecule has 0 heterocycles. The molecule has 96 valence electrons. The molecule has 0 spiro atoms. The molecule has 0 amide bonds. The molecular formula is C13H20BrNOS. The number of benzene rings is 1. The zero-order valence-corrected chi connectivity index (χ0v) is 13.1. The number of aliphatic hydroxyl groups is 1. The fourth-order valence-electron chi connectivity index (χ4n) is 1.42.